The highest BCUT2D eigenvalue weighted by atomic mass is 16.5. The Labute approximate surface area is 144 Å². The van der Waals surface area contributed by atoms with Crippen molar-refractivity contribution in [3.63, 3.8) is 0 Å². The van der Waals surface area contributed by atoms with Gasteiger partial charge in [-0.2, -0.15) is 0 Å². The van der Waals surface area contributed by atoms with Gasteiger partial charge in [0.25, 0.3) is 5.91 Å². The maximum absolute atomic E-state index is 13.0. The predicted octanol–water partition coefficient (Wildman–Crippen LogP) is 1.38. The zero-order chi connectivity index (χ0) is 17.6. The summed E-state index contributed by atoms with van der Waals surface area (Å²) in [6.45, 7) is 0.170. The van der Waals surface area contributed by atoms with Gasteiger partial charge in [0.15, 0.2) is 6.10 Å². The zero-order valence-electron chi connectivity index (χ0n) is 13.3. The Hall–Kier alpha value is -3.15. The van der Waals surface area contributed by atoms with E-state index in [9.17, 15) is 14.4 Å². The van der Waals surface area contributed by atoms with Crippen molar-refractivity contribution in [1.82, 2.24) is 0 Å². The van der Waals surface area contributed by atoms with Crippen molar-refractivity contribution >= 4 is 23.5 Å². The van der Waals surface area contributed by atoms with Gasteiger partial charge in [-0.3, -0.25) is 9.59 Å². The molecule has 2 amide bonds. The molecule has 2 atom stereocenters. The van der Waals surface area contributed by atoms with Crippen LogP contribution in [-0.4, -0.2) is 30.4 Å². The minimum Gasteiger partial charge on any atom is -0.448 e. The Morgan fingerprint density at radius 1 is 1.08 bits per heavy atom. The molecular weight excluding hydrogens is 320 g/mol. The number of carbonyl (C=O) groups excluding carboxylic acids is 3. The van der Waals surface area contributed by atoms with Crippen molar-refractivity contribution in [2.45, 2.75) is 18.4 Å². The Balaban J connectivity index is 1.65. The van der Waals surface area contributed by atoms with E-state index in [2.05, 4.69) is 0 Å². The number of primary amides is 1. The largest absolute Gasteiger partial charge is 0.448 e. The van der Waals surface area contributed by atoms with Gasteiger partial charge in [-0.25, -0.2) is 4.79 Å². The van der Waals surface area contributed by atoms with Crippen molar-refractivity contribution in [3.8, 4) is 0 Å². The Kier molecular flexibility index (Phi) is 3.53. The number of cyclic esters (lactones) is 1. The molecular formula is C19H16N2O4. The number of nitrogens with two attached hydrogens (primary N) is 1. The average Bonchev–Trinajstić information content (AvgIpc) is 3.01. The molecule has 6 heteroatoms. The van der Waals surface area contributed by atoms with Crippen LogP contribution >= 0.6 is 0 Å². The first kappa shape index (κ1) is 15.4. The quantitative estimate of drug-likeness (QED) is 0.839. The van der Waals surface area contributed by atoms with Crippen molar-refractivity contribution < 1.29 is 19.1 Å². The van der Waals surface area contributed by atoms with Crippen LogP contribution in [0.25, 0.3) is 0 Å². The lowest BCUT2D eigenvalue weighted by molar-refractivity contribution is -0.127. The number of benzene rings is 2. The van der Waals surface area contributed by atoms with Gasteiger partial charge in [0.05, 0.1) is 11.5 Å². The van der Waals surface area contributed by atoms with Crippen LogP contribution in [0.1, 0.15) is 27.4 Å². The second-order valence-corrected chi connectivity index (χ2v) is 6.22. The molecule has 0 fully saturated rings. The summed E-state index contributed by atoms with van der Waals surface area (Å²) in [5, 5.41) is 0. The minimum atomic E-state index is -0.901. The smallest absolute Gasteiger partial charge is 0.339 e. The fourth-order valence-corrected chi connectivity index (χ4v) is 3.50. The van der Waals surface area contributed by atoms with E-state index in [-0.39, 0.29) is 12.5 Å². The number of hydrogen-bond acceptors (Lipinski definition) is 4. The van der Waals surface area contributed by atoms with Gasteiger partial charge >= 0.3 is 5.97 Å². The van der Waals surface area contributed by atoms with Gasteiger partial charge in [-0.15, -0.1) is 0 Å². The predicted molar refractivity (Wildman–Crippen MR) is 90.1 cm³/mol. The molecule has 0 saturated heterocycles. The number of anilines is 1. The summed E-state index contributed by atoms with van der Waals surface area (Å²) in [6, 6.07) is 14.3. The van der Waals surface area contributed by atoms with E-state index in [1.807, 2.05) is 12.1 Å². The summed E-state index contributed by atoms with van der Waals surface area (Å²) < 4.78 is 5.35. The van der Waals surface area contributed by atoms with Gasteiger partial charge in [0.2, 0.25) is 5.91 Å². The Morgan fingerprint density at radius 2 is 1.80 bits per heavy atom. The van der Waals surface area contributed by atoms with E-state index in [0.717, 1.165) is 11.1 Å². The van der Waals surface area contributed by atoms with Crippen LogP contribution in [0.2, 0.25) is 0 Å². The van der Waals surface area contributed by atoms with E-state index in [0.29, 0.717) is 17.7 Å². The summed E-state index contributed by atoms with van der Waals surface area (Å²) in [6.07, 6.45) is -0.581. The third-order valence-corrected chi connectivity index (χ3v) is 4.74. The first-order valence-electron chi connectivity index (χ1n) is 8.05. The molecule has 6 nitrogen and oxygen atoms in total. The number of ether oxygens (including phenoxy) is 1. The van der Waals surface area contributed by atoms with Gasteiger partial charge < -0.3 is 15.4 Å². The number of hydrogen-bond donors (Lipinski definition) is 1. The van der Waals surface area contributed by atoms with E-state index < -0.39 is 23.9 Å². The molecule has 2 heterocycles. The maximum atomic E-state index is 13.0. The van der Waals surface area contributed by atoms with Crippen LogP contribution in [0, 0.1) is 0 Å². The maximum Gasteiger partial charge on any atom is 0.339 e. The van der Waals surface area contributed by atoms with Crippen molar-refractivity contribution in [2.24, 2.45) is 5.73 Å². The number of nitrogens with zero attached hydrogens (tertiary/aromatic N) is 1. The summed E-state index contributed by atoms with van der Waals surface area (Å²) in [7, 11) is 0. The van der Waals surface area contributed by atoms with Crippen LogP contribution in [0.5, 0.6) is 0 Å². The molecule has 25 heavy (non-hydrogen) atoms. The van der Waals surface area contributed by atoms with Crippen LogP contribution in [-0.2, 0) is 20.7 Å². The van der Waals surface area contributed by atoms with Crippen molar-refractivity contribution in [2.75, 3.05) is 11.4 Å². The summed E-state index contributed by atoms with van der Waals surface area (Å²) in [5.74, 6) is -1.86. The molecule has 0 unspecified atom stereocenters. The molecule has 0 radical (unpaired) electrons. The van der Waals surface area contributed by atoms with Gasteiger partial charge in [-0.05, 0) is 23.3 Å². The normalized spacial score (nSPS) is 21.3. The molecule has 0 spiro atoms. The topological polar surface area (TPSA) is 89.7 Å². The lowest BCUT2D eigenvalue weighted by Crippen LogP contribution is -2.44. The van der Waals surface area contributed by atoms with E-state index >= 15 is 0 Å². The van der Waals surface area contributed by atoms with Crippen molar-refractivity contribution in [3.05, 3.63) is 65.2 Å². The molecule has 2 aromatic carbocycles. The van der Waals surface area contributed by atoms with Gasteiger partial charge in [0.1, 0.15) is 0 Å². The monoisotopic (exact) mass is 336 g/mol. The van der Waals surface area contributed by atoms with Gasteiger partial charge in [0, 0.05) is 18.7 Å². The van der Waals surface area contributed by atoms with E-state index in [4.69, 9.17) is 10.5 Å². The molecule has 2 aliphatic rings. The second-order valence-electron chi connectivity index (χ2n) is 6.22. The Morgan fingerprint density at radius 3 is 2.60 bits per heavy atom. The van der Waals surface area contributed by atoms with Crippen LogP contribution in [0.3, 0.4) is 0 Å². The number of esters is 1. The lowest BCUT2D eigenvalue weighted by atomic mass is 9.98. The third kappa shape index (κ3) is 2.46. The first-order chi connectivity index (χ1) is 12.1. The van der Waals surface area contributed by atoms with Crippen LogP contribution in [0.4, 0.5) is 5.69 Å². The average molecular weight is 336 g/mol. The molecule has 0 saturated carbocycles. The molecule has 126 valence electrons. The van der Waals surface area contributed by atoms with E-state index in [1.54, 1.807) is 36.4 Å². The summed E-state index contributed by atoms with van der Waals surface area (Å²) >= 11 is 0. The molecule has 2 aromatic rings. The third-order valence-electron chi connectivity index (χ3n) is 4.74. The highest BCUT2D eigenvalue weighted by Crippen LogP contribution is 2.37. The SMILES string of the molecule is NC(=O)[C@@H]1CN(C(=O)[C@@H]2Cc3ccccc3C(=O)O2)c2ccccc21. The molecule has 2 N–H and O–H groups in total. The number of fused-ring (bicyclic) bond motifs is 2. The van der Waals surface area contributed by atoms with Crippen LogP contribution < -0.4 is 10.6 Å². The lowest BCUT2D eigenvalue weighted by Gasteiger charge is -2.28. The standard InChI is InChI=1S/C19H16N2O4/c20-17(22)14-10-21(15-8-4-3-7-13(14)15)18(23)16-9-11-5-1-2-6-12(11)19(24)25-16/h1-8,14,16H,9-10H2,(H2,20,22)/t14-,16+/m1/s1. The minimum absolute atomic E-state index is 0.170. The van der Waals surface area contributed by atoms with E-state index in [1.165, 1.54) is 4.90 Å². The van der Waals surface area contributed by atoms with Crippen LogP contribution in [0.15, 0.2) is 48.5 Å². The molecule has 0 aliphatic carbocycles. The number of amides is 2. The molecule has 2 aliphatic heterocycles. The van der Waals surface area contributed by atoms with Gasteiger partial charge in [-0.1, -0.05) is 36.4 Å². The fourth-order valence-electron chi connectivity index (χ4n) is 3.50. The Bertz CT molecular complexity index is 892. The summed E-state index contributed by atoms with van der Waals surface area (Å²) in [4.78, 5) is 38.4. The number of para-hydroxylation sites is 1. The number of rotatable bonds is 2. The molecule has 4 rings (SSSR count). The highest BCUT2D eigenvalue weighted by molar-refractivity contribution is 6.04. The summed E-state index contributed by atoms with van der Waals surface area (Å²) in [5.41, 5.74) is 8.13. The molecule has 0 bridgehead atoms. The molecule has 0 aromatic heterocycles. The fraction of sp³-hybridized carbons (Fsp3) is 0.211. The first-order valence-corrected chi connectivity index (χ1v) is 8.05. The van der Waals surface area contributed by atoms with Crippen molar-refractivity contribution in [1.29, 1.82) is 0 Å². The zero-order valence-corrected chi connectivity index (χ0v) is 13.3. The number of carbonyl (C=O) groups is 3. The highest BCUT2D eigenvalue weighted by Gasteiger charge is 2.40. The second kappa shape index (κ2) is 5.73.